The van der Waals surface area contributed by atoms with Gasteiger partial charge in [-0.2, -0.15) is 0 Å². The van der Waals surface area contributed by atoms with Crippen molar-refractivity contribution >= 4 is 27.5 Å². The van der Waals surface area contributed by atoms with E-state index in [1.165, 1.54) is 4.31 Å². The van der Waals surface area contributed by atoms with E-state index in [0.29, 0.717) is 44.0 Å². The number of para-hydroxylation sites is 2. The SMILES string of the molecule is CCNC(=O)C(CC)N(Cc1ccccc1)C(=O)CCCN(c1ccccc1OCC)S(C)(=O)=O. The highest BCUT2D eigenvalue weighted by molar-refractivity contribution is 7.92. The number of anilines is 1. The van der Waals surface area contributed by atoms with Crippen LogP contribution in [-0.4, -0.2) is 57.1 Å². The maximum Gasteiger partial charge on any atom is 0.242 e. The van der Waals surface area contributed by atoms with Crippen LogP contribution in [-0.2, 0) is 26.2 Å². The molecule has 0 saturated heterocycles. The largest absolute Gasteiger partial charge is 0.492 e. The molecule has 0 aliphatic rings. The predicted molar refractivity (Wildman–Crippen MR) is 139 cm³/mol. The van der Waals surface area contributed by atoms with E-state index in [1.807, 2.05) is 51.1 Å². The molecule has 2 amide bonds. The van der Waals surface area contributed by atoms with Gasteiger partial charge in [0.05, 0.1) is 18.6 Å². The quantitative estimate of drug-likeness (QED) is 0.425. The highest BCUT2D eigenvalue weighted by Crippen LogP contribution is 2.30. The van der Waals surface area contributed by atoms with Gasteiger partial charge in [-0.1, -0.05) is 49.4 Å². The van der Waals surface area contributed by atoms with Gasteiger partial charge in [0.1, 0.15) is 11.8 Å². The summed E-state index contributed by atoms with van der Waals surface area (Å²) in [6.07, 6.45) is 2.01. The minimum atomic E-state index is -3.60. The highest BCUT2D eigenvalue weighted by atomic mass is 32.2. The fraction of sp³-hybridized carbons (Fsp3) is 0.462. The normalized spacial score (nSPS) is 12.0. The molecule has 0 bridgehead atoms. The summed E-state index contributed by atoms with van der Waals surface area (Å²) < 4.78 is 32.0. The first-order valence-electron chi connectivity index (χ1n) is 12.0. The number of likely N-dealkylation sites (N-methyl/N-ethyl adjacent to an activating group) is 1. The molecule has 0 spiro atoms. The van der Waals surface area contributed by atoms with E-state index < -0.39 is 16.1 Å². The lowest BCUT2D eigenvalue weighted by atomic mass is 10.1. The number of carbonyl (C=O) groups excluding carboxylic acids is 2. The molecule has 2 rings (SSSR count). The molecule has 0 aliphatic carbocycles. The second-order valence-electron chi connectivity index (χ2n) is 8.17. The van der Waals surface area contributed by atoms with Crippen molar-refractivity contribution in [2.75, 3.05) is 30.3 Å². The summed E-state index contributed by atoms with van der Waals surface area (Å²) in [5, 5.41) is 2.82. The van der Waals surface area contributed by atoms with Crippen molar-refractivity contribution in [1.82, 2.24) is 10.2 Å². The van der Waals surface area contributed by atoms with E-state index in [4.69, 9.17) is 4.74 Å². The van der Waals surface area contributed by atoms with Crippen LogP contribution in [0.4, 0.5) is 5.69 Å². The summed E-state index contributed by atoms with van der Waals surface area (Å²) in [5.74, 6) is 0.0842. The predicted octanol–water partition coefficient (Wildman–Crippen LogP) is 3.58. The lowest BCUT2D eigenvalue weighted by Gasteiger charge is -2.31. The fourth-order valence-corrected chi connectivity index (χ4v) is 4.88. The fourth-order valence-electron chi connectivity index (χ4n) is 3.91. The van der Waals surface area contributed by atoms with Gasteiger partial charge < -0.3 is 15.0 Å². The van der Waals surface area contributed by atoms with E-state index in [9.17, 15) is 18.0 Å². The molecule has 0 heterocycles. The summed E-state index contributed by atoms with van der Waals surface area (Å²) in [4.78, 5) is 27.6. The van der Waals surface area contributed by atoms with E-state index in [0.717, 1.165) is 11.8 Å². The van der Waals surface area contributed by atoms with Gasteiger partial charge in [-0.3, -0.25) is 13.9 Å². The van der Waals surface area contributed by atoms with Crippen LogP contribution in [0.2, 0.25) is 0 Å². The molecule has 35 heavy (non-hydrogen) atoms. The smallest absolute Gasteiger partial charge is 0.242 e. The van der Waals surface area contributed by atoms with Crippen LogP contribution in [0.15, 0.2) is 54.6 Å². The van der Waals surface area contributed by atoms with Gasteiger partial charge in [0.2, 0.25) is 21.8 Å². The molecular weight excluding hydrogens is 466 g/mol. The summed E-state index contributed by atoms with van der Waals surface area (Å²) in [6, 6.07) is 15.9. The number of hydrogen-bond acceptors (Lipinski definition) is 5. The first-order chi connectivity index (χ1) is 16.7. The standard InChI is InChI=1S/C26H37N3O5S/c1-5-22(26(31)27-6-2)28(20-21-14-9-8-10-15-21)25(30)18-13-19-29(35(4,32)33)23-16-11-12-17-24(23)34-7-3/h8-12,14-17,22H,5-7,13,18-20H2,1-4H3,(H,27,31). The number of nitrogens with one attached hydrogen (secondary N) is 1. The van der Waals surface area contributed by atoms with Crippen molar-refractivity contribution in [3.63, 3.8) is 0 Å². The van der Waals surface area contributed by atoms with Crippen LogP contribution in [0.1, 0.15) is 45.6 Å². The molecule has 9 heteroatoms. The summed E-state index contributed by atoms with van der Waals surface area (Å²) in [5.41, 5.74) is 1.37. The van der Waals surface area contributed by atoms with Gasteiger partial charge in [0.25, 0.3) is 0 Å². The van der Waals surface area contributed by atoms with Crippen LogP contribution in [0.25, 0.3) is 0 Å². The summed E-state index contributed by atoms with van der Waals surface area (Å²) in [6.45, 7) is 6.85. The number of benzene rings is 2. The lowest BCUT2D eigenvalue weighted by molar-refractivity contribution is -0.141. The van der Waals surface area contributed by atoms with E-state index in [2.05, 4.69) is 5.32 Å². The van der Waals surface area contributed by atoms with Crippen molar-refractivity contribution in [2.45, 2.75) is 52.6 Å². The van der Waals surface area contributed by atoms with Crippen LogP contribution in [0.5, 0.6) is 5.75 Å². The zero-order chi connectivity index (χ0) is 25.8. The molecule has 0 aromatic heterocycles. The monoisotopic (exact) mass is 503 g/mol. The maximum atomic E-state index is 13.3. The maximum absolute atomic E-state index is 13.3. The highest BCUT2D eigenvalue weighted by Gasteiger charge is 2.28. The molecule has 0 aliphatic heterocycles. The number of ether oxygens (including phenoxy) is 1. The molecular formula is C26H37N3O5S. The van der Waals surface area contributed by atoms with E-state index in [-0.39, 0.29) is 24.8 Å². The first-order valence-corrected chi connectivity index (χ1v) is 13.9. The Kier molecular flexibility index (Phi) is 11.0. The van der Waals surface area contributed by atoms with Crippen LogP contribution in [0, 0.1) is 0 Å². The van der Waals surface area contributed by atoms with Crippen molar-refractivity contribution in [3.8, 4) is 5.75 Å². The Labute approximate surface area is 209 Å². The minimum absolute atomic E-state index is 0.103. The number of amides is 2. The van der Waals surface area contributed by atoms with Crippen molar-refractivity contribution < 1.29 is 22.7 Å². The van der Waals surface area contributed by atoms with Crippen molar-refractivity contribution in [3.05, 3.63) is 60.2 Å². The van der Waals surface area contributed by atoms with Crippen molar-refractivity contribution in [2.24, 2.45) is 0 Å². The van der Waals surface area contributed by atoms with Gasteiger partial charge in [0, 0.05) is 26.1 Å². The first kappa shape index (κ1) is 28.2. The zero-order valence-electron chi connectivity index (χ0n) is 21.1. The van der Waals surface area contributed by atoms with Crippen LogP contribution < -0.4 is 14.4 Å². The molecule has 8 nitrogen and oxygen atoms in total. The Morgan fingerprint density at radius 3 is 2.26 bits per heavy atom. The second-order valence-corrected chi connectivity index (χ2v) is 10.1. The van der Waals surface area contributed by atoms with Crippen molar-refractivity contribution in [1.29, 1.82) is 0 Å². The summed E-state index contributed by atoms with van der Waals surface area (Å²) in [7, 11) is -3.60. The number of rotatable bonds is 14. The third-order valence-corrected chi connectivity index (χ3v) is 6.70. The molecule has 2 aromatic rings. The summed E-state index contributed by atoms with van der Waals surface area (Å²) >= 11 is 0. The zero-order valence-corrected chi connectivity index (χ0v) is 21.9. The number of carbonyl (C=O) groups is 2. The van der Waals surface area contributed by atoms with Gasteiger partial charge in [-0.25, -0.2) is 8.42 Å². The Morgan fingerprint density at radius 1 is 1.00 bits per heavy atom. The minimum Gasteiger partial charge on any atom is -0.492 e. The number of sulfonamides is 1. The Bertz CT molecular complexity index is 1060. The lowest BCUT2D eigenvalue weighted by Crippen LogP contribution is -2.49. The van der Waals surface area contributed by atoms with Crippen LogP contribution in [0.3, 0.4) is 0 Å². The van der Waals surface area contributed by atoms with Gasteiger partial charge >= 0.3 is 0 Å². The second kappa shape index (κ2) is 13.7. The van der Waals surface area contributed by atoms with E-state index in [1.54, 1.807) is 29.2 Å². The Hall–Kier alpha value is -3.07. The molecule has 2 aromatic carbocycles. The molecule has 1 N–H and O–H groups in total. The Balaban J connectivity index is 2.21. The molecule has 0 radical (unpaired) electrons. The molecule has 1 atom stereocenters. The Morgan fingerprint density at radius 2 is 1.66 bits per heavy atom. The molecule has 192 valence electrons. The van der Waals surface area contributed by atoms with Gasteiger partial charge in [0.15, 0.2) is 0 Å². The molecule has 0 fully saturated rings. The average Bonchev–Trinajstić information content (AvgIpc) is 2.82. The average molecular weight is 504 g/mol. The number of hydrogen-bond donors (Lipinski definition) is 1. The van der Waals surface area contributed by atoms with Gasteiger partial charge in [-0.05, 0) is 44.4 Å². The third-order valence-electron chi connectivity index (χ3n) is 5.52. The topological polar surface area (TPSA) is 96.0 Å². The van der Waals surface area contributed by atoms with Gasteiger partial charge in [-0.15, -0.1) is 0 Å². The number of nitrogens with zero attached hydrogens (tertiary/aromatic N) is 2. The van der Waals surface area contributed by atoms with E-state index >= 15 is 0 Å². The molecule has 0 saturated carbocycles. The van der Waals surface area contributed by atoms with Crippen LogP contribution >= 0.6 is 0 Å². The molecule has 1 unspecified atom stereocenters. The third kappa shape index (κ3) is 8.28.